The summed E-state index contributed by atoms with van der Waals surface area (Å²) in [7, 11) is 0.697. The zero-order chi connectivity index (χ0) is 26.5. The van der Waals surface area contributed by atoms with Gasteiger partial charge < -0.3 is 4.90 Å². The molecule has 0 N–H and O–H groups in total. The minimum absolute atomic E-state index is 0.291. The number of hydrogen-bond donors (Lipinski definition) is 0. The summed E-state index contributed by atoms with van der Waals surface area (Å²) in [6, 6.07) is 14.7. The van der Waals surface area contributed by atoms with Crippen LogP contribution in [0.15, 0.2) is 71.7 Å². The van der Waals surface area contributed by atoms with Gasteiger partial charge in [-0.25, -0.2) is 0 Å². The van der Waals surface area contributed by atoms with Gasteiger partial charge in [-0.2, -0.15) is 13.2 Å². The fourth-order valence-corrected chi connectivity index (χ4v) is 3.56. The van der Waals surface area contributed by atoms with Crippen LogP contribution in [0.25, 0.3) is 16.8 Å². The van der Waals surface area contributed by atoms with Crippen molar-refractivity contribution in [3.05, 3.63) is 72.3 Å². The Hall–Kier alpha value is -2.34. The average molecular weight is 496 g/mol. The Balaban J connectivity index is 0.00000201. The molecule has 1 atom stereocenters. The van der Waals surface area contributed by atoms with Crippen LogP contribution in [0.2, 0.25) is 0 Å². The lowest BCUT2D eigenvalue weighted by molar-refractivity contribution is -0.0878. The van der Waals surface area contributed by atoms with Crippen molar-refractivity contribution in [3.8, 4) is 11.1 Å². The van der Waals surface area contributed by atoms with Crippen LogP contribution in [0.3, 0.4) is 0 Å². The number of halogens is 3. The zero-order valence-electron chi connectivity index (χ0n) is 21.8. The molecule has 34 heavy (non-hydrogen) atoms. The van der Waals surface area contributed by atoms with E-state index in [0.717, 1.165) is 22.1 Å². The molecule has 190 valence electrons. The fourth-order valence-electron chi connectivity index (χ4n) is 2.99. The van der Waals surface area contributed by atoms with Gasteiger partial charge in [0, 0.05) is 41.2 Å². The second-order valence-electron chi connectivity index (χ2n) is 8.09. The highest BCUT2D eigenvalue weighted by atomic mass is 32.2. The molecule has 0 aliphatic heterocycles. The molecule has 0 saturated heterocycles. The molecular formula is C28H40F3NOS. The van der Waals surface area contributed by atoms with Gasteiger partial charge >= 0.3 is 6.18 Å². The topological polar surface area (TPSA) is 20.3 Å². The number of benzene rings is 2. The first-order valence-electron chi connectivity index (χ1n) is 11.6. The third-order valence-electron chi connectivity index (χ3n) is 4.41. The molecule has 0 bridgehead atoms. The summed E-state index contributed by atoms with van der Waals surface area (Å²) in [5.74, 6) is 0.291. The standard InChI is InChI=1S/C23H26F3NOS.C3H8.C2H6/c1-16(2)15-27(4)22(13-17(3)23(24,25)26)19-11-9-18(10-12-19)20-7-6-8-21(14-20)29(5)28;1-3-2;1-2/h6-14,16H,3,15H2,1-2,4-5H3;3H2,1-2H3;1-2H3/b22-13-;;. The Kier molecular flexibility index (Phi) is 14.5. The Labute approximate surface area is 207 Å². The Morgan fingerprint density at radius 1 is 1.06 bits per heavy atom. The largest absolute Gasteiger partial charge is 0.415 e. The van der Waals surface area contributed by atoms with Crippen molar-refractivity contribution in [2.45, 2.75) is 59.0 Å². The SMILES string of the molecule is C=C(/C=C(/c1ccc(-c2cccc(S(C)=O)c2)cc1)N(C)CC(C)C)C(F)(F)F.CC.CCC. The zero-order valence-corrected chi connectivity index (χ0v) is 22.6. The summed E-state index contributed by atoms with van der Waals surface area (Å²) in [5, 5.41) is 0. The molecule has 0 spiro atoms. The second-order valence-corrected chi connectivity index (χ2v) is 9.47. The minimum Gasteiger partial charge on any atom is -0.374 e. The summed E-state index contributed by atoms with van der Waals surface area (Å²) >= 11 is 0. The van der Waals surface area contributed by atoms with Gasteiger partial charge in [0.15, 0.2) is 0 Å². The molecule has 1 unspecified atom stereocenters. The lowest BCUT2D eigenvalue weighted by Crippen LogP contribution is -2.23. The van der Waals surface area contributed by atoms with Crippen molar-refractivity contribution in [1.82, 2.24) is 4.90 Å². The van der Waals surface area contributed by atoms with Gasteiger partial charge in [0.25, 0.3) is 0 Å². The molecule has 0 amide bonds. The molecule has 0 aromatic heterocycles. The van der Waals surface area contributed by atoms with E-state index in [2.05, 4.69) is 20.4 Å². The number of nitrogens with zero attached hydrogens (tertiary/aromatic N) is 1. The molecule has 0 heterocycles. The molecule has 0 aliphatic carbocycles. The first-order chi connectivity index (χ1) is 15.9. The molecule has 0 aliphatic rings. The molecule has 2 rings (SSSR count). The maximum absolute atomic E-state index is 13.1. The van der Waals surface area contributed by atoms with Crippen LogP contribution in [0.4, 0.5) is 13.2 Å². The predicted molar refractivity (Wildman–Crippen MR) is 142 cm³/mol. The van der Waals surface area contributed by atoms with Crippen LogP contribution in [0.1, 0.15) is 53.5 Å². The second kappa shape index (κ2) is 15.5. The first kappa shape index (κ1) is 31.7. The third kappa shape index (κ3) is 10.7. The highest BCUT2D eigenvalue weighted by molar-refractivity contribution is 7.84. The van der Waals surface area contributed by atoms with Gasteiger partial charge in [-0.15, -0.1) is 0 Å². The number of allylic oxidation sites excluding steroid dienone is 2. The van der Waals surface area contributed by atoms with Crippen molar-refractivity contribution in [2.24, 2.45) is 5.92 Å². The van der Waals surface area contributed by atoms with E-state index >= 15 is 0 Å². The normalized spacial score (nSPS) is 12.2. The summed E-state index contributed by atoms with van der Waals surface area (Å²) in [6.45, 7) is 16.1. The van der Waals surface area contributed by atoms with Crippen LogP contribution >= 0.6 is 0 Å². The van der Waals surface area contributed by atoms with E-state index in [1.165, 1.54) is 6.42 Å². The lowest BCUT2D eigenvalue weighted by atomic mass is 10.0. The fraction of sp³-hybridized carbons (Fsp3) is 0.429. The van der Waals surface area contributed by atoms with E-state index < -0.39 is 22.5 Å². The average Bonchev–Trinajstić information content (AvgIpc) is 2.78. The lowest BCUT2D eigenvalue weighted by Gasteiger charge is -2.26. The van der Waals surface area contributed by atoms with E-state index in [0.29, 0.717) is 23.7 Å². The molecule has 0 saturated carbocycles. The van der Waals surface area contributed by atoms with Crippen molar-refractivity contribution in [2.75, 3.05) is 19.8 Å². The van der Waals surface area contributed by atoms with Gasteiger partial charge in [0.05, 0.1) is 5.57 Å². The van der Waals surface area contributed by atoms with Crippen LogP contribution in [0, 0.1) is 5.92 Å². The molecular weight excluding hydrogens is 455 g/mol. The van der Waals surface area contributed by atoms with Crippen molar-refractivity contribution < 1.29 is 17.4 Å². The van der Waals surface area contributed by atoms with Crippen LogP contribution in [-0.4, -0.2) is 35.1 Å². The molecule has 0 fully saturated rings. The third-order valence-corrected chi connectivity index (χ3v) is 5.32. The summed E-state index contributed by atoms with van der Waals surface area (Å²) in [4.78, 5) is 2.54. The highest BCUT2D eigenvalue weighted by Crippen LogP contribution is 2.31. The maximum Gasteiger partial charge on any atom is 0.415 e. The summed E-state index contributed by atoms with van der Waals surface area (Å²) in [6.07, 6.45) is -0.504. The number of hydrogen-bond acceptors (Lipinski definition) is 2. The van der Waals surface area contributed by atoms with E-state index in [4.69, 9.17) is 0 Å². The van der Waals surface area contributed by atoms with Crippen LogP contribution < -0.4 is 0 Å². The smallest absolute Gasteiger partial charge is 0.374 e. The molecule has 2 nitrogen and oxygen atoms in total. The van der Waals surface area contributed by atoms with Crippen LogP contribution in [0.5, 0.6) is 0 Å². The van der Waals surface area contributed by atoms with Crippen molar-refractivity contribution >= 4 is 16.5 Å². The van der Waals surface area contributed by atoms with Gasteiger partial charge in [-0.05, 0) is 40.8 Å². The van der Waals surface area contributed by atoms with E-state index in [1.54, 1.807) is 31.5 Å². The van der Waals surface area contributed by atoms with Gasteiger partial charge in [0.1, 0.15) is 0 Å². The molecule has 2 aromatic rings. The predicted octanol–water partition coefficient (Wildman–Crippen LogP) is 8.58. The van der Waals surface area contributed by atoms with E-state index in [9.17, 15) is 17.4 Å². The van der Waals surface area contributed by atoms with Crippen LogP contribution in [-0.2, 0) is 10.8 Å². The van der Waals surface area contributed by atoms with Gasteiger partial charge in [-0.3, -0.25) is 4.21 Å². The summed E-state index contributed by atoms with van der Waals surface area (Å²) < 4.78 is 50.9. The van der Waals surface area contributed by atoms with Gasteiger partial charge in [0.2, 0.25) is 0 Å². The Morgan fingerprint density at radius 3 is 2.03 bits per heavy atom. The quantitative estimate of drug-likeness (QED) is 0.359. The minimum atomic E-state index is -4.47. The monoisotopic (exact) mass is 495 g/mol. The van der Waals surface area contributed by atoms with Crippen molar-refractivity contribution in [3.63, 3.8) is 0 Å². The van der Waals surface area contributed by atoms with E-state index in [-0.39, 0.29) is 0 Å². The first-order valence-corrected chi connectivity index (χ1v) is 13.2. The molecule has 6 heteroatoms. The summed E-state index contributed by atoms with van der Waals surface area (Å²) in [5.41, 5.74) is 2.07. The Morgan fingerprint density at radius 2 is 1.59 bits per heavy atom. The maximum atomic E-state index is 13.1. The molecule has 2 aromatic carbocycles. The highest BCUT2D eigenvalue weighted by Gasteiger charge is 2.31. The van der Waals surface area contributed by atoms with Crippen molar-refractivity contribution in [1.29, 1.82) is 0 Å². The number of alkyl halides is 3. The van der Waals surface area contributed by atoms with Gasteiger partial charge in [-0.1, -0.05) is 90.9 Å². The number of rotatable bonds is 7. The Bertz CT molecular complexity index is 931. The molecule has 0 radical (unpaired) electrons. The van der Waals surface area contributed by atoms with E-state index in [1.807, 2.05) is 62.9 Å².